The first-order chi connectivity index (χ1) is 15.1. The molecule has 5 heteroatoms. The van der Waals surface area contributed by atoms with Crippen molar-refractivity contribution in [3.05, 3.63) is 71.8 Å². The molecule has 0 aliphatic carbocycles. The maximum atomic E-state index is 12.8. The molecule has 2 aromatic rings. The third-order valence-electron chi connectivity index (χ3n) is 6.56. The van der Waals surface area contributed by atoms with Crippen molar-refractivity contribution in [3.8, 4) is 0 Å². The van der Waals surface area contributed by atoms with Crippen molar-refractivity contribution in [2.75, 3.05) is 37.6 Å². The van der Waals surface area contributed by atoms with E-state index in [-0.39, 0.29) is 11.8 Å². The molecular weight excluding hydrogens is 384 g/mol. The van der Waals surface area contributed by atoms with Crippen LogP contribution in [0.15, 0.2) is 55.1 Å². The van der Waals surface area contributed by atoms with Crippen LogP contribution in [0, 0.1) is 5.92 Å². The lowest BCUT2D eigenvalue weighted by Crippen LogP contribution is -2.43. The zero-order valence-electron chi connectivity index (χ0n) is 18.4. The second-order valence-corrected chi connectivity index (χ2v) is 8.80. The first-order valence-electron chi connectivity index (χ1n) is 11.5. The fourth-order valence-electron chi connectivity index (χ4n) is 4.72. The highest BCUT2D eigenvalue weighted by Gasteiger charge is 2.26. The molecule has 1 unspecified atom stereocenters. The number of nitrogens with two attached hydrogens (primary N) is 1. The molecule has 164 valence electrons. The summed E-state index contributed by atoms with van der Waals surface area (Å²) in [6, 6.07) is 16.9. The van der Waals surface area contributed by atoms with Gasteiger partial charge in [0.15, 0.2) is 0 Å². The summed E-state index contributed by atoms with van der Waals surface area (Å²) in [5.41, 5.74) is 11.4. The van der Waals surface area contributed by atoms with Crippen LogP contribution in [-0.4, -0.2) is 43.5 Å². The van der Waals surface area contributed by atoms with E-state index in [4.69, 9.17) is 5.73 Å². The van der Waals surface area contributed by atoms with Gasteiger partial charge in [0.05, 0.1) is 5.92 Å². The average Bonchev–Trinajstić information content (AvgIpc) is 2.81. The van der Waals surface area contributed by atoms with Gasteiger partial charge in [0.2, 0.25) is 5.91 Å². The highest BCUT2D eigenvalue weighted by Crippen LogP contribution is 2.24. The fourth-order valence-corrected chi connectivity index (χ4v) is 4.72. The highest BCUT2D eigenvalue weighted by atomic mass is 16.1. The predicted molar refractivity (Wildman–Crippen MR) is 128 cm³/mol. The quantitative estimate of drug-likeness (QED) is 0.677. The Morgan fingerprint density at radius 1 is 1.10 bits per heavy atom. The second kappa shape index (κ2) is 10.0. The summed E-state index contributed by atoms with van der Waals surface area (Å²) in [6.45, 7) is 9.47. The van der Waals surface area contributed by atoms with Crippen LogP contribution in [-0.2, 0) is 17.8 Å². The molecule has 31 heavy (non-hydrogen) atoms. The van der Waals surface area contributed by atoms with Crippen LogP contribution >= 0.6 is 0 Å². The summed E-state index contributed by atoms with van der Waals surface area (Å²) in [5.74, 6) is 0.250. The Morgan fingerprint density at radius 3 is 2.65 bits per heavy atom. The van der Waals surface area contributed by atoms with Crippen LogP contribution < -0.4 is 16.0 Å². The van der Waals surface area contributed by atoms with E-state index in [0.717, 1.165) is 76.2 Å². The lowest BCUT2D eigenvalue weighted by molar-refractivity contribution is -0.125. The molecule has 1 atom stereocenters. The van der Waals surface area contributed by atoms with E-state index in [1.54, 1.807) is 0 Å². The topological polar surface area (TPSA) is 61.6 Å². The molecule has 3 N–H and O–H groups in total. The molecule has 2 heterocycles. The van der Waals surface area contributed by atoms with Crippen molar-refractivity contribution < 1.29 is 4.79 Å². The Morgan fingerprint density at radius 2 is 1.87 bits per heavy atom. The number of piperidine rings is 1. The van der Waals surface area contributed by atoms with Gasteiger partial charge in [-0.3, -0.25) is 9.69 Å². The summed E-state index contributed by atoms with van der Waals surface area (Å²) in [4.78, 5) is 17.6. The van der Waals surface area contributed by atoms with Crippen molar-refractivity contribution in [1.29, 1.82) is 0 Å². The van der Waals surface area contributed by atoms with Gasteiger partial charge >= 0.3 is 0 Å². The molecular formula is C26H34N4O. The molecule has 0 radical (unpaired) electrons. The van der Waals surface area contributed by atoms with Gasteiger partial charge in [-0.1, -0.05) is 43.0 Å². The molecule has 2 aliphatic rings. The summed E-state index contributed by atoms with van der Waals surface area (Å²) >= 11 is 0. The van der Waals surface area contributed by atoms with E-state index in [0.29, 0.717) is 5.70 Å². The van der Waals surface area contributed by atoms with Crippen LogP contribution in [0.1, 0.15) is 36.0 Å². The molecule has 4 rings (SSSR count). The van der Waals surface area contributed by atoms with E-state index >= 15 is 0 Å². The summed E-state index contributed by atoms with van der Waals surface area (Å²) in [5, 5.41) is 3.19. The molecule has 1 fully saturated rings. The highest BCUT2D eigenvalue weighted by molar-refractivity contribution is 5.79. The normalized spacial score (nSPS) is 19.0. The average molecular weight is 419 g/mol. The van der Waals surface area contributed by atoms with Crippen LogP contribution in [0.3, 0.4) is 0 Å². The van der Waals surface area contributed by atoms with Crippen molar-refractivity contribution in [3.63, 3.8) is 0 Å². The Kier molecular flexibility index (Phi) is 6.92. The Balaban J connectivity index is 1.20. The minimum atomic E-state index is 0.0553. The van der Waals surface area contributed by atoms with Gasteiger partial charge in [0, 0.05) is 50.7 Å². The SMILES string of the molecule is C=C(N)c1ccc(N2CCCC(C(=O)NCCCN3CCc4ccccc4C3)C2)cc1. The molecule has 0 aromatic heterocycles. The largest absolute Gasteiger partial charge is 0.399 e. The summed E-state index contributed by atoms with van der Waals surface area (Å²) in [6.07, 6.45) is 4.12. The van der Waals surface area contributed by atoms with Crippen LogP contribution in [0.5, 0.6) is 0 Å². The van der Waals surface area contributed by atoms with E-state index < -0.39 is 0 Å². The second-order valence-electron chi connectivity index (χ2n) is 8.80. The maximum Gasteiger partial charge on any atom is 0.224 e. The van der Waals surface area contributed by atoms with Gasteiger partial charge in [0.25, 0.3) is 0 Å². The number of hydrogen-bond donors (Lipinski definition) is 2. The molecule has 0 bridgehead atoms. The Hall–Kier alpha value is -2.79. The Bertz CT molecular complexity index is 908. The molecule has 0 spiro atoms. The smallest absolute Gasteiger partial charge is 0.224 e. The number of fused-ring (bicyclic) bond motifs is 1. The fraction of sp³-hybridized carbons (Fsp3) is 0.423. The van der Waals surface area contributed by atoms with Crippen LogP contribution in [0.2, 0.25) is 0 Å². The van der Waals surface area contributed by atoms with Crippen molar-refractivity contribution in [2.45, 2.75) is 32.2 Å². The minimum absolute atomic E-state index is 0.0553. The van der Waals surface area contributed by atoms with Gasteiger partial charge in [-0.25, -0.2) is 0 Å². The zero-order valence-corrected chi connectivity index (χ0v) is 18.4. The molecule has 5 nitrogen and oxygen atoms in total. The lowest BCUT2D eigenvalue weighted by atomic mass is 9.96. The molecule has 1 saturated heterocycles. The van der Waals surface area contributed by atoms with Crippen molar-refractivity contribution in [2.24, 2.45) is 11.7 Å². The molecule has 2 aromatic carbocycles. The van der Waals surface area contributed by atoms with Gasteiger partial charge in [-0.15, -0.1) is 0 Å². The minimum Gasteiger partial charge on any atom is -0.399 e. The number of rotatable bonds is 7. The van der Waals surface area contributed by atoms with E-state index in [1.807, 2.05) is 12.1 Å². The third-order valence-corrected chi connectivity index (χ3v) is 6.56. The molecule has 2 aliphatic heterocycles. The first kappa shape index (κ1) is 21.4. The number of nitrogens with one attached hydrogen (secondary N) is 1. The number of carbonyl (C=O) groups is 1. The Labute approximate surface area is 185 Å². The van der Waals surface area contributed by atoms with E-state index in [1.165, 1.54) is 11.1 Å². The lowest BCUT2D eigenvalue weighted by Gasteiger charge is -2.34. The number of benzene rings is 2. The number of hydrogen-bond acceptors (Lipinski definition) is 4. The number of carbonyl (C=O) groups excluding carboxylic acids is 1. The van der Waals surface area contributed by atoms with Gasteiger partial charge in [0.1, 0.15) is 0 Å². The van der Waals surface area contributed by atoms with Gasteiger partial charge in [-0.05, 0) is 54.5 Å². The summed E-state index contributed by atoms with van der Waals surface area (Å²) < 4.78 is 0. The number of anilines is 1. The van der Waals surface area contributed by atoms with Gasteiger partial charge in [-0.2, -0.15) is 0 Å². The standard InChI is InChI=1S/C26H34N4O/c1-20(27)21-9-11-25(12-10-21)30-16-4-8-24(19-30)26(31)28-14-5-15-29-17-13-22-6-2-3-7-23(22)18-29/h2-3,6-7,9-12,24H,1,4-5,8,13-19,27H2,(H,28,31). The maximum absolute atomic E-state index is 12.8. The number of nitrogens with zero attached hydrogens (tertiary/aromatic N) is 2. The predicted octanol–water partition coefficient (Wildman–Crippen LogP) is 3.40. The van der Waals surface area contributed by atoms with Gasteiger partial charge < -0.3 is 16.0 Å². The van der Waals surface area contributed by atoms with Crippen molar-refractivity contribution >= 4 is 17.3 Å². The van der Waals surface area contributed by atoms with Crippen LogP contribution in [0.25, 0.3) is 5.70 Å². The first-order valence-corrected chi connectivity index (χ1v) is 11.5. The van der Waals surface area contributed by atoms with Crippen molar-refractivity contribution in [1.82, 2.24) is 10.2 Å². The summed E-state index contributed by atoms with van der Waals surface area (Å²) in [7, 11) is 0. The van der Waals surface area contributed by atoms with E-state index in [2.05, 4.69) is 58.1 Å². The van der Waals surface area contributed by atoms with E-state index in [9.17, 15) is 4.79 Å². The van der Waals surface area contributed by atoms with Crippen LogP contribution in [0.4, 0.5) is 5.69 Å². The molecule has 0 saturated carbocycles. The zero-order chi connectivity index (χ0) is 21.6. The third kappa shape index (κ3) is 5.47. The molecule has 1 amide bonds. The monoisotopic (exact) mass is 418 g/mol. The number of amides is 1.